The fourth-order valence-corrected chi connectivity index (χ4v) is 2.38. The zero-order chi connectivity index (χ0) is 16.3. The first kappa shape index (κ1) is 16.5. The summed E-state index contributed by atoms with van der Waals surface area (Å²) in [6, 6.07) is 14.6. The van der Waals surface area contributed by atoms with E-state index < -0.39 is 10.9 Å². The average molecular weight is 321 g/mol. The summed E-state index contributed by atoms with van der Waals surface area (Å²) in [4.78, 5) is 1.98. The second-order valence-electron chi connectivity index (χ2n) is 4.87. The molecule has 2 rings (SSSR count). The number of nitrogens with zero attached hydrogens (tertiary/aromatic N) is 3. The van der Waals surface area contributed by atoms with E-state index in [1.807, 2.05) is 48.3 Å². The third-order valence-electron chi connectivity index (χ3n) is 3.49. The Bertz CT molecular complexity index is 647. The van der Waals surface area contributed by atoms with Crippen LogP contribution in [0.3, 0.4) is 0 Å². The molecule has 7 heteroatoms. The van der Waals surface area contributed by atoms with E-state index in [1.54, 1.807) is 19.2 Å². The summed E-state index contributed by atoms with van der Waals surface area (Å²) in [5.41, 5.74) is 3.17. The number of benzene rings is 2. The van der Waals surface area contributed by atoms with Crippen LogP contribution in [0.4, 0.5) is 31.1 Å². The van der Waals surface area contributed by atoms with Crippen LogP contribution in [-0.4, -0.2) is 27.9 Å². The summed E-state index contributed by atoms with van der Waals surface area (Å²) in [6.07, 6.45) is 0. The van der Waals surface area contributed by atoms with Crippen molar-refractivity contribution in [1.82, 2.24) is 0 Å². The van der Waals surface area contributed by atoms with Crippen molar-refractivity contribution in [2.45, 2.75) is 0 Å². The van der Waals surface area contributed by atoms with E-state index in [0.717, 1.165) is 17.1 Å². The molecule has 0 aliphatic heterocycles. The molecular formula is C15H18BF2N3S. The van der Waals surface area contributed by atoms with Crippen molar-refractivity contribution >= 4 is 40.4 Å². The Morgan fingerprint density at radius 2 is 1.14 bits per heavy atom. The fraction of sp³-hybridized carbons (Fsp3) is 0.200. The Labute approximate surface area is 133 Å². The van der Waals surface area contributed by atoms with Gasteiger partial charge in [0.05, 0.1) is 0 Å². The minimum atomic E-state index is -1.54. The summed E-state index contributed by atoms with van der Waals surface area (Å²) in [5.74, 6) is 0. The molecule has 0 spiro atoms. The Balaban J connectivity index is 2.18. The molecule has 0 saturated carbocycles. The average Bonchev–Trinajstić information content (AvgIpc) is 2.53. The van der Waals surface area contributed by atoms with Gasteiger partial charge in [0.25, 0.3) is 0 Å². The first-order valence-electron chi connectivity index (χ1n) is 6.67. The van der Waals surface area contributed by atoms with Crippen LogP contribution in [0.25, 0.3) is 0 Å². The van der Waals surface area contributed by atoms with Gasteiger partial charge < -0.3 is 0 Å². The molecule has 1 atom stereocenters. The van der Waals surface area contributed by atoms with Gasteiger partial charge in [0.1, 0.15) is 0 Å². The minimum absolute atomic E-state index is 0.500. The van der Waals surface area contributed by atoms with E-state index in [0.29, 0.717) is 10.8 Å². The molecule has 0 fully saturated rings. The van der Waals surface area contributed by atoms with E-state index in [9.17, 15) is 8.37 Å². The third kappa shape index (κ3) is 3.65. The molecule has 0 N–H and O–H groups in total. The second kappa shape index (κ2) is 6.92. The molecule has 0 aliphatic carbocycles. The maximum atomic E-state index is 13.2. The Morgan fingerprint density at radius 3 is 1.50 bits per heavy atom. The second-order valence-corrected chi connectivity index (χ2v) is 6.04. The SMILES string of the molecule is B=S(F)N(C)c1ccc(N(C)c2ccc(N(C)F)cc2)cc1. The monoisotopic (exact) mass is 321 g/mol. The molecule has 3 nitrogen and oxygen atoms in total. The molecule has 0 heterocycles. The van der Waals surface area contributed by atoms with Gasteiger partial charge in [-0.15, -0.1) is 4.48 Å². The van der Waals surface area contributed by atoms with Crippen molar-refractivity contribution in [3.63, 3.8) is 0 Å². The molecule has 0 aromatic heterocycles. The van der Waals surface area contributed by atoms with Crippen LogP contribution >= 0.6 is 10.9 Å². The van der Waals surface area contributed by atoms with Gasteiger partial charge in [0, 0.05) is 7.05 Å². The predicted molar refractivity (Wildman–Crippen MR) is 94.7 cm³/mol. The fourth-order valence-electron chi connectivity index (χ4n) is 2.03. The van der Waals surface area contributed by atoms with Gasteiger partial charge in [-0.2, -0.15) is 0 Å². The number of anilines is 4. The van der Waals surface area contributed by atoms with E-state index in [2.05, 4.69) is 6.72 Å². The standard InChI is InChI=1S/C15H18BF2N3S/c1-19(12-4-8-14(9-5-12)20(2)17)13-6-10-15(11-7-13)21(3)22(16)18/h4-11,16H,1-3H3. The first-order valence-corrected chi connectivity index (χ1v) is 7.92. The summed E-state index contributed by atoms with van der Waals surface area (Å²) in [6.45, 7) is 3.38. The van der Waals surface area contributed by atoms with E-state index in [4.69, 9.17) is 0 Å². The number of hydrogen-bond donors (Lipinski definition) is 0. The van der Waals surface area contributed by atoms with Crippen molar-refractivity contribution < 1.29 is 8.37 Å². The van der Waals surface area contributed by atoms with Crippen LogP contribution in [0.1, 0.15) is 0 Å². The van der Waals surface area contributed by atoms with Crippen LogP contribution in [0.5, 0.6) is 0 Å². The van der Waals surface area contributed by atoms with E-state index >= 15 is 0 Å². The molecular weight excluding hydrogens is 303 g/mol. The first-order chi connectivity index (χ1) is 10.4. The summed E-state index contributed by atoms with van der Waals surface area (Å²) >= 11 is 0. The third-order valence-corrected chi connectivity index (χ3v) is 4.30. The Hall–Kier alpha value is -1.89. The van der Waals surface area contributed by atoms with Gasteiger partial charge >= 0.3 is 121 Å². The molecule has 0 aliphatic rings. The van der Waals surface area contributed by atoms with E-state index in [1.165, 1.54) is 11.4 Å². The van der Waals surface area contributed by atoms with Crippen LogP contribution < -0.4 is 14.3 Å². The molecule has 1 unspecified atom stereocenters. The van der Waals surface area contributed by atoms with Crippen molar-refractivity contribution in [3.05, 3.63) is 48.5 Å². The van der Waals surface area contributed by atoms with Gasteiger partial charge in [-0.25, -0.2) is 0 Å². The molecule has 0 radical (unpaired) electrons. The van der Waals surface area contributed by atoms with Crippen molar-refractivity contribution in [2.75, 3.05) is 35.5 Å². The van der Waals surface area contributed by atoms with Crippen LogP contribution in [0.15, 0.2) is 48.5 Å². The molecule has 2 aromatic rings. The van der Waals surface area contributed by atoms with E-state index in [-0.39, 0.29) is 0 Å². The summed E-state index contributed by atoms with van der Waals surface area (Å²) in [5, 5.41) is 0.571. The van der Waals surface area contributed by atoms with Gasteiger partial charge in [-0.1, -0.05) is 0 Å². The van der Waals surface area contributed by atoms with Crippen molar-refractivity contribution in [2.24, 2.45) is 0 Å². The van der Waals surface area contributed by atoms with Gasteiger partial charge in [-0.3, -0.25) is 0 Å². The topological polar surface area (TPSA) is 9.72 Å². The molecule has 22 heavy (non-hydrogen) atoms. The van der Waals surface area contributed by atoms with Crippen LogP contribution in [0.2, 0.25) is 0 Å². The Kier molecular flexibility index (Phi) is 5.18. The molecule has 116 valence electrons. The zero-order valence-electron chi connectivity index (χ0n) is 12.8. The number of rotatable bonds is 5. The molecule has 0 bridgehead atoms. The van der Waals surface area contributed by atoms with Gasteiger partial charge in [0.15, 0.2) is 0 Å². The number of halogens is 2. The quantitative estimate of drug-likeness (QED) is 0.606. The summed E-state index contributed by atoms with van der Waals surface area (Å²) in [7, 11) is 3.41. The van der Waals surface area contributed by atoms with Crippen LogP contribution in [0, 0.1) is 0 Å². The summed E-state index contributed by atoms with van der Waals surface area (Å²) < 4.78 is 27.7. The molecule has 0 amide bonds. The molecule has 0 saturated heterocycles. The number of hydrogen-bond acceptors (Lipinski definition) is 3. The zero-order valence-corrected chi connectivity index (χ0v) is 13.6. The van der Waals surface area contributed by atoms with Gasteiger partial charge in [-0.05, 0) is 0 Å². The maximum absolute atomic E-state index is 13.2. The Morgan fingerprint density at radius 1 is 0.773 bits per heavy atom. The van der Waals surface area contributed by atoms with Crippen molar-refractivity contribution in [1.29, 1.82) is 0 Å². The van der Waals surface area contributed by atoms with Crippen LogP contribution in [-0.2, 0) is 0 Å². The van der Waals surface area contributed by atoms with Crippen molar-refractivity contribution in [3.8, 4) is 0 Å². The predicted octanol–water partition coefficient (Wildman–Crippen LogP) is 4.10. The molecule has 2 aromatic carbocycles. The van der Waals surface area contributed by atoms with Gasteiger partial charge in [0.2, 0.25) is 0 Å². The normalized spacial score (nSPS) is 11.8.